The van der Waals surface area contributed by atoms with E-state index in [1.165, 1.54) is 0 Å². The molecule has 24 heavy (non-hydrogen) atoms. The van der Waals surface area contributed by atoms with Gasteiger partial charge in [0, 0.05) is 6.42 Å². The molecule has 124 valence electrons. The number of ether oxygens (including phenoxy) is 3. The predicted molar refractivity (Wildman–Crippen MR) is 91.1 cm³/mol. The number of esters is 1. The van der Waals surface area contributed by atoms with E-state index in [4.69, 9.17) is 14.2 Å². The molecule has 1 fully saturated rings. The van der Waals surface area contributed by atoms with E-state index in [-0.39, 0.29) is 5.97 Å². The summed E-state index contributed by atoms with van der Waals surface area (Å²) in [6.45, 7) is 0.372. The third-order valence-electron chi connectivity index (χ3n) is 3.66. The molecule has 0 spiro atoms. The van der Waals surface area contributed by atoms with Gasteiger partial charge in [0.15, 0.2) is 0 Å². The average molecular weight is 326 g/mol. The van der Waals surface area contributed by atoms with Crippen molar-refractivity contribution < 1.29 is 19.0 Å². The maximum Gasteiger partial charge on any atom is 0.354 e. The van der Waals surface area contributed by atoms with Crippen LogP contribution in [0.25, 0.3) is 0 Å². The number of carbonyl (C=O) groups is 1. The van der Waals surface area contributed by atoms with E-state index in [0.29, 0.717) is 18.7 Å². The Bertz CT molecular complexity index is 691. The SMILES string of the molecule is COc1ccc(N(/N=C2\CCOC2=O)c2ccc(OC)cc2)cc1. The molecule has 6 heteroatoms. The molecule has 0 aromatic heterocycles. The summed E-state index contributed by atoms with van der Waals surface area (Å²) in [5.74, 6) is 1.13. The van der Waals surface area contributed by atoms with Crippen LogP contribution in [0, 0.1) is 0 Å². The largest absolute Gasteiger partial charge is 0.497 e. The van der Waals surface area contributed by atoms with Crippen LogP contribution in [-0.2, 0) is 9.53 Å². The Morgan fingerprint density at radius 1 is 0.917 bits per heavy atom. The summed E-state index contributed by atoms with van der Waals surface area (Å²) in [7, 11) is 3.23. The molecular formula is C18H18N2O4. The van der Waals surface area contributed by atoms with Gasteiger partial charge in [0.1, 0.15) is 17.2 Å². The highest BCUT2D eigenvalue weighted by atomic mass is 16.5. The highest BCUT2D eigenvalue weighted by molar-refractivity contribution is 6.38. The maximum absolute atomic E-state index is 11.8. The molecule has 0 bridgehead atoms. The fourth-order valence-corrected chi connectivity index (χ4v) is 2.35. The highest BCUT2D eigenvalue weighted by Crippen LogP contribution is 2.29. The predicted octanol–water partition coefficient (Wildman–Crippen LogP) is 3.14. The molecule has 0 radical (unpaired) electrons. The van der Waals surface area contributed by atoms with Gasteiger partial charge in [0.05, 0.1) is 32.2 Å². The fourth-order valence-electron chi connectivity index (χ4n) is 2.35. The molecule has 3 rings (SSSR count). The quantitative estimate of drug-likeness (QED) is 0.624. The lowest BCUT2D eigenvalue weighted by Gasteiger charge is -2.20. The van der Waals surface area contributed by atoms with Crippen LogP contribution < -0.4 is 14.5 Å². The average Bonchev–Trinajstić information content (AvgIpc) is 3.05. The lowest BCUT2D eigenvalue weighted by molar-refractivity contribution is -0.132. The van der Waals surface area contributed by atoms with Crippen molar-refractivity contribution in [2.24, 2.45) is 5.10 Å². The van der Waals surface area contributed by atoms with Gasteiger partial charge >= 0.3 is 5.97 Å². The lowest BCUT2D eigenvalue weighted by Crippen LogP contribution is -2.16. The first-order valence-electron chi connectivity index (χ1n) is 7.54. The molecule has 1 aliphatic heterocycles. The number of cyclic esters (lactones) is 1. The van der Waals surface area contributed by atoms with Crippen molar-refractivity contribution in [2.45, 2.75) is 6.42 Å². The van der Waals surface area contributed by atoms with Crippen molar-refractivity contribution in [1.82, 2.24) is 0 Å². The standard InChI is InChI=1S/C18H18N2O4/c1-22-15-7-3-13(4-8-15)20(19-17-11-12-24-18(17)21)14-5-9-16(23-2)10-6-14/h3-10H,11-12H2,1-2H3/b19-17+. The van der Waals surface area contributed by atoms with Gasteiger partial charge in [-0.15, -0.1) is 0 Å². The zero-order valence-corrected chi connectivity index (χ0v) is 13.6. The lowest BCUT2D eigenvalue weighted by atomic mass is 10.2. The Balaban J connectivity index is 2.00. The Kier molecular flexibility index (Phi) is 4.65. The summed E-state index contributed by atoms with van der Waals surface area (Å²) in [5.41, 5.74) is 2.03. The zero-order chi connectivity index (χ0) is 16.9. The minimum absolute atomic E-state index is 0.372. The van der Waals surface area contributed by atoms with Crippen LogP contribution >= 0.6 is 0 Å². The molecule has 2 aromatic carbocycles. The van der Waals surface area contributed by atoms with Crippen LogP contribution in [0.3, 0.4) is 0 Å². The third-order valence-corrected chi connectivity index (χ3v) is 3.66. The molecule has 0 atom stereocenters. The number of methoxy groups -OCH3 is 2. The first-order valence-corrected chi connectivity index (χ1v) is 7.54. The monoisotopic (exact) mass is 326 g/mol. The molecule has 0 aliphatic carbocycles. The van der Waals surface area contributed by atoms with E-state index in [1.54, 1.807) is 19.2 Å². The van der Waals surface area contributed by atoms with Crippen LogP contribution in [0.4, 0.5) is 11.4 Å². The number of benzene rings is 2. The molecule has 1 heterocycles. The molecule has 6 nitrogen and oxygen atoms in total. The van der Waals surface area contributed by atoms with Gasteiger partial charge in [0.25, 0.3) is 0 Å². The molecule has 2 aromatic rings. The molecule has 1 saturated heterocycles. The van der Waals surface area contributed by atoms with Gasteiger partial charge in [-0.25, -0.2) is 9.80 Å². The molecule has 1 aliphatic rings. The minimum atomic E-state index is -0.373. The smallest absolute Gasteiger partial charge is 0.354 e. The van der Waals surface area contributed by atoms with Crippen LogP contribution in [0.15, 0.2) is 53.6 Å². The molecule has 0 unspecified atom stereocenters. The molecule has 0 N–H and O–H groups in total. The Labute approximate surface area is 140 Å². The number of rotatable bonds is 5. The van der Waals surface area contributed by atoms with E-state index >= 15 is 0 Å². The second-order valence-electron chi connectivity index (χ2n) is 5.14. The highest BCUT2D eigenvalue weighted by Gasteiger charge is 2.23. The first-order chi connectivity index (χ1) is 11.7. The summed E-state index contributed by atoms with van der Waals surface area (Å²) < 4.78 is 15.4. The van der Waals surface area contributed by atoms with Crippen molar-refractivity contribution in [3.63, 3.8) is 0 Å². The number of carbonyl (C=O) groups excluding carboxylic acids is 1. The second kappa shape index (κ2) is 7.04. The topological polar surface area (TPSA) is 60.4 Å². The third kappa shape index (κ3) is 3.32. The Morgan fingerprint density at radius 3 is 1.79 bits per heavy atom. The van der Waals surface area contributed by atoms with Crippen molar-refractivity contribution >= 4 is 23.1 Å². The van der Waals surface area contributed by atoms with Crippen LogP contribution in [-0.4, -0.2) is 32.5 Å². The normalized spacial score (nSPS) is 15.2. The van der Waals surface area contributed by atoms with Crippen molar-refractivity contribution in [3.05, 3.63) is 48.5 Å². The van der Waals surface area contributed by atoms with E-state index in [2.05, 4.69) is 5.10 Å². The van der Waals surface area contributed by atoms with Crippen LogP contribution in [0.2, 0.25) is 0 Å². The van der Waals surface area contributed by atoms with Crippen molar-refractivity contribution in [2.75, 3.05) is 25.8 Å². The van der Waals surface area contributed by atoms with Gasteiger partial charge in [-0.3, -0.25) is 0 Å². The van der Waals surface area contributed by atoms with E-state index < -0.39 is 0 Å². The fraction of sp³-hybridized carbons (Fsp3) is 0.222. The maximum atomic E-state index is 11.8. The number of nitrogens with zero attached hydrogens (tertiary/aromatic N) is 2. The summed E-state index contributed by atoms with van der Waals surface area (Å²) in [6, 6.07) is 14.9. The van der Waals surface area contributed by atoms with Crippen LogP contribution in [0.5, 0.6) is 11.5 Å². The summed E-state index contributed by atoms with van der Waals surface area (Å²) in [6.07, 6.45) is 0.502. The first kappa shape index (κ1) is 15.9. The minimum Gasteiger partial charge on any atom is -0.497 e. The summed E-state index contributed by atoms with van der Waals surface area (Å²) in [4.78, 5) is 11.8. The number of hydrogen-bond donors (Lipinski definition) is 0. The van der Waals surface area contributed by atoms with E-state index in [1.807, 2.05) is 48.5 Å². The van der Waals surface area contributed by atoms with E-state index in [0.717, 1.165) is 22.9 Å². The van der Waals surface area contributed by atoms with Gasteiger partial charge in [0.2, 0.25) is 0 Å². The number of hydrazone groups is 1. The van der Waals surface area contributed by atoms with Gasteiger partial charge in [-0.2, -0.15) is 5.10 Å². The van der Waals surface area contributed by atoms with Gasteiger partial charge in [-0.05, 0) is 48.5 Å². The summed E-state index contributed by atoms with van der Waals surface area (Å²) in [5, 5.41) is 6.21. The Hall–Kier alpha value is -3.02. The second-order valence-corrected chi connectivity index (χ2v) is 5.14. The Morgan fingerprint density at radius 2 is 1.42 bits per heavy atom. The van der Waals surface area contributed by atoms with E-state index in [9.17, 15) is 4.79 Å². The van der Waals surface area contributed by atoms with Gasteiger partial charge < -0.3 is 14.2 Å². The summed E-state index contributed by atoms with van der Waals surface area (Å²) >= 11 is 0. The molecule has 0 amide bonds. The zero-order valence-electron chi connectivity index (χ0n) is 13.6. The van der Waals surface area contributed by atoms with Gasteiger partial charge in [-0.1, -0.05) is 0 Å². The van der Waals surface area contributed by atoms with Crippen molar-refractivity contribution in [3.8, 4) is 11.5 Å². The molecule has 0 saturated carbocycles. The molecular weight excluding hydrogens is 308 g/mol. The van der Waals surface area contributed by atoms with Crippen LogP contribution in [0.1, 0.15) is 6.42 Å². The number of hydrogen-bond acceptors (Lipinski definition) is 6. The number of anilines is 2. The van der Waals surface area contributed by atoms with Crippen molar-refractivity contribution in [1.29, 1.82) is 0 Å².